The molecule has 6 atom stereocenters. The molecule has 3 heterocycles. The number of halogens is 4. The Morgan fingerprint density at radius 2 is 1.76 bits per heavy atom. The Kier molecular flexibility index (Phi) is 8.61. The highest BCUT2D eigenvalue weighted by atomic mass is 35.5. The summed E-state index contributed by atoms with van der Waals surface area (Å²) in [6.45, 7) is 7.64. The van der Waals surface area contributed by atoms with Gasteiger partial charge in [0.1, 0.15) is 17.0 Å². The lowest BCUT2D eigenvalue weighted by atomic mass is 9.62. The van der Waals surface area contributed by atoms with Crippen LogP contribution in [-0.2, 0) is 15.0 Å². The zero-order valence-electron chi connectivity index (χ0n) is 23.7. The SMILES string of the molecule is CC(C)(C)C[C@H]1N[C@@H](C(=O)NCCCN2C[C@H](O)[C@@H](O)C2)[C@H](c2ccc(F)c(Cl)c2)[C@@]12C(=O)Nc1cc(Cl)c(F)cc12. The van der Waals surface area contributed by atoms with E-state index in [4.69, 9.17) is 23.2 Å². The smallest absolute Gasteiger partial charge is 0.237 e. The number of benzene rings is 2. The van der Waals surface area contributed by atoms with Gasteiger partial charge in [0.05, 0.1) is 28.3 Å². The topological polar surface area (TPSA) is 114 Å². The van der Waals surface area contributed by atoms with Crippen molar-refractivity contribution in [2.45, 2.75) is 69.2 Å². The van der Waals surface area contributed by atoms with Gasteiger partial charge in [-0.3, -0.25) is 14.5 Å². The van der Waals surface area contributed by atoms with E-state index < -0.39 is 53.2 Å². The van der Waals surface area contributed by atoms with Crippen LogP contribution in [0.4, 0.5) is 14.5 Å². The van der Waals surface area contributed by atoms with Crippen molar-refractivity contribution in [2.24, 2.45) is 5.41 Å². The molecular formula is C30H36Cl2F2N4O4. The van der Waals surface area contributed by atoms with Gasteiger partial charge in [0.25, 0.3) is 0 Å². The quantitative estimate of drug-likeness (QED) is 0.301. The lowest BCUT2D eigenvalue weighted by Gasteiger charge is -2.37. The molecule has 0 radical (unpaired) electrons. The second kappa shape index (κ2) is 11.6. The molecule has 8 nitrogen and oxygen atoms in total. The molecule has 0 aliphatic carbocycles. The maximum absolute atomic E-state index is 15.0. The number of nitrogens with zero attached hydrogens (tertiary/aromatic N) is 1. The molecule has 2 aromatic carbocycles. The van der Waals surface area contributed by atoms with Crippen LogP contribution in [0, 0.1) is 17.0 Å². The molecule has 0 bridgehead atoms. The second-order valence-corrected chi connectivity index (χ2v) is 13.6. The Morgan fingerprint density at radius 1 is 1.10 bits per heavy atom. The van der Waals surface area contributed by atoms with Crippen LogP contribution in [0.5, 0.6) is 0 Å². The van der Waals surface area contributed by atoms with Crippen molar-refractivity contribution < 1.29 is 28.6 Å². The summed E-state index contributed by atoms with van der Waals surface area (Å²) in [7, 11) is 0. The van der Waals surface area contributed by atoms with E-state index in [0.717, 1.165) is 0 Å². The molecule has 3 aliphatic heterocycles. The van der Waals surface area contributed by atoms with Gasteiger partial charge in [0, 0.05) is 43.8 Å². The maximum Gasteiger partial charge on any atom is 0.237 e. The lowest BCUT2D eigenvalue weighted by Crippen LogP contribution is -2.49. The van der Waals surface area contributed by atoms with E-state index in [9.17, 15) is 24.2 Å². The number of nitrogens with one attached hydrogen (secondary N) is 3. The van der Waals surface area contributed by atoms with Gasteiger partial charge in [0.2, 0.25) is 11.8 Å². The highest BCUT2D eigenvalue weighted by Crippen LogP contribution is 2.57. The third kappa shape index (κ3) is 5.65. The fourth-order valence-electron chi connectivity index (χ4n) is 6.79. The monoisotopic (exact) mass is 624 g/mol. The first-order valence-corrected chi connectivity index (χ1v) is 14.9. The van der Waals surface area contributed by atoms with Gasteiger partial charge >= 0.3 is 0 Å². The molecule has 228 valence electrons. The van der Waals surface area contributed by atoms with Gasteiger partial charge in [-0.1, -0.05) is 50.0 Å². The van der Waals surface area contributed by atoms with E-state index >= 15 is 4.39 Å². The summed E-state index contributed by atoms with van der Waals surface area (Å²) >= 11 is 12.3. The van der Waals surface area contributed by atoms with Crippen LogP contribution in [0.3, 0.4) is 0 Å². The molecule has 2 fully saturated rings. The van der Waals surface area contributed by atoms with Crippen LogP contribution in [0.1, 0.15) is 50.7 Å². The minimum Gasteiger partial charge on any atom is -0.389 e. The van der Waals surface area contributed by atoms with Gasteiger partial charge < -0.3 is 26.2 Å². The lowest BCUT2D eigenvalue weighted by molar-refractivity contribution is -0.123. The van der Waals surface area contributed by atoms with Gasteiger partial charge in [-0.15, -0.1) is 0 Å². The van der Waals surface area contributed by atoms with Crippen molar-refractivity contribution in [2.75, 3.05) is 31.5 Å². The summed E-state index contributed by atoms with van der Waals surface area (Å²) in [5.74, 6) is -2.98. The Hall–Kier alpha value is -2.34. The van der Waals surface area contributed by atoms with Crippen LogP contribution < -0.4 is 16.0 Å². The van der Waals surface area contributed by atoms with Crippen molar-refractivity contribution in [1.82, 2.24) is 15.5 Å². The fraction of sp³-hybridized carbons (Fsp3) is 0.533. The predicted octanol–water partition coefficient (Wildman–Crippen LogP) is 3.57. The number of hydrogen-bond acceptors (Lipinski definition) is 6. The number of carbonyl (C=O) groups excluding carboxylic acids is 2. The van der Waals surface area contributed by atoms with Crippen molar-refractivity contribution >= 4 is 40.7 Å². The average Bonchev–Trinajstić information content (AvgIpc) is 3.50. The molecule has 5 rings (SSSR count). The third-order valence-electron chi connectivity index (χ3n) is 8.57. The van der Waals surface area contributed by atoms with Gasteiger partial charge in [-0.25, -0.2) is 8.78 Å². The van der Waals surface area contributed by atoms with Crippen molar-refractivity contribution in [1.29, 1.82) is 0 Å². The average molecular weight is 626 g/mol. The van der Waals surface area contributed by atoms with Gasteiger partial charge in [0.15, 0.2) is 0 Å². The number of β-amino-alcohol motifs (C(OH)–C–C–N with tert-alkyl or cyclic N) is 2. The van der Waals surface area contributed by atoms with Crippen molar-refractivity contribution in [3.8, 4) is 0 Å². The molecule has 0 unspecified atom stereocenters. The molecule has 0 aromatic heterocycles. The number of fused-ring (bicyclic) bond motifs is 2. The highest BCUT2D eigenvalue weighted by Gasteiger charge is 2.66. The number of rotatable bonds is 7. The Balaban J connectivity index is 1.52. The summed E-state index contributed by atoms with van der Waals surface area (Å²) in [6, 6.07) is 5.22. The normalized spacial score (nSPS) is 29.3. The first-order chi connectivity index (χ1) is 19.7. The predicted molar refractivity (Wildman–Crippen MR) is 157 cm³/mol. The molecule has 2 amide bonds. The minimum absolute atomic E-state index is 0.141. The Bertz CT molecular complexity index is 1380. The third-order valence-corrected chi connectivity index (χ3v) is 9.15. The molecule has 42 heavy (non-hydrogen) atoms. The zero-order chi connectivity index (χ0) is 30.6. The number of aliphatic hydroxyl groups excluding tert-OH is 2. The van der Waals surface area contributed by atoms with E-state index in [1.807, 2.05) is 25.7 Å². The van der Waals surface area contributed by atoms with Crippen molar-refractivity contribution in [3.05, 3.63) is 63.1 Å². The second-order valence-electron chi connectivity index (χ2n) is 12.8. The van der Waals surface area contributed by atoms with Crippen LogP contribution in [0.15, 0.2) is 30.3 Å². The van der Waals surface area contributed by atoms with E-state index in [0.29, 0.717) is 55.8 Å². The number of likely N-dealkylation sites (tertiary alicyclic amines) is 1. The number of anilines is 1. The van der Waals surface area contributed by atoms with E-state index in [1.165, 1.54) is 30.3 Å². The molecule has 2 saturated heterocycles. The summed E-state index contributed by atoms with van der Waals surface area (Å²) in [4.78, 5) is 29.9. The number of amides is 2. The number of aliphatic hydroxyl groups is 2. The molecule has 1 spiro atoms. The highest BCUT2D eigenvalue weighted by molar-refractivity contribution is 6.31. The number of carbonyl (C=O) groups is 2. The van der Waals surface area contributed by atoms with Crippen LogP contribution in [0.2, 0.25) is 10.0 Å². The maximum atomic E-state index is 15.0. The minimum atomic E-state index is -1.43. The fourth-order valence-corrected chi connectivity index (χ4v) is 7.15. The Labute approximate surface area is 253 Å². The van der Waals surface area contributed by atoms with Gasteiger partial charge in [-0.05, 0) is 53.6 Å². The molecule has 3 aliphatic rings. The van der Waals surface area contributed by atoms with Crippen LogP contribution in [-0.4, -0.2) is 77.4 Å². The van der Waals surface area contributed by atoms with E-state index in [1.54, 1.807) is 0 Å². The summed E-state index contributed by atoms with van der Waals surface area (Å²) < 4.78 is 29.3. The largest absolute Gasteiger partial charge is 0.389 e. The van der Waals surface area contributed by atoms with Crippen molar-refractivity contribution in [3.63, 3.8) is 0 Å². The summed E-state index contributed by atoms with van der Waals surface area (Å²) in [5, 5.41) is 28.5. The van der Waals surface area contributed by atoms with E-state index in [-0.39, 0.29) is 21.4 Å². The van der Waals surface area contributed by atoms with E-state index in [2.05, 4.69) is 16.0 Å². The van der Waals surface area contributed by atoms with Crippen LogP contribution >= 0.6 is 23.2 Å². The molecule has 12 heteroatoms. The standard InChI is InChI=1S/C30H36Cl2F2N4O4/c1-29(2,3)12-24-30(16-10-20(34)18(32)11-21(16)36-28(30)42)25(15-5-6-19(33)17(31)9-15)26(37-24)27(41)35-7-4-8-38-13-22(39)23(40)14-38/h5-6,9-11,22-26,37,39-40H,4,7-8,12-14H2,1-3H3,(H,35,41)(H,36,42)/t22-,23-,24+,25-,26+,30-/m0/s1. The first kappa shape index (κ1) is 31.1. The zero-order valence-corrected chi connectivity index (χ0v) is 25.2. The van der Waals surface area contributed by atoms with Crippen LogP contribution in [0.25, 0.3) is 0 Å². The Morgan fingerprint density at radius 3 is 2.40 bits per heavy atom. The van der Waals surface area contributed by atoms with Gasteiger partial charge in [-0.2, -0.15) is 0 Å². The molecule has 5 N–H and O–H groups in total. The summed E-state index contributed by atoms with van der Waals surface area (Å²) in [5.41, 5.74) is -0.521. The molecule has 0 saturated carbocycles. The summed E-state index contributed by atoms with van der Waals surface area (Å²) in [6.07, 6.45) is -0.559. The molecular weight excluding hydrogens is 589 g/mol. The molecule has 2 aromatic rings. The first-order valence-electron chi connectivity index (χ1n) is 14.1. The number of hydrogen-bond donors (Lipinski definition) is 5.